The molecule has 5 nitrogen and oxygen atoms in total. The van der Waals surface area contributed by atoms with Crippen LogP contribution in [0.5, 0.6) is 0 Å². The molecule has 0 fully saturated rings. The average Bonchev–Trinajstić information content (AvgIpc) is 2.91. The van der Waals surface area contributed by atoms with E-state index in [0.29, 0.717) is 24.6 Å². The molecule has 2 rings (SSSR count). The molecule has 6 heteroatoms. The predicted octanol–water partition coefficient (Wildman–Crippen LogP) is 2.55. The van der Waals surface area contributed by atoms with Crippen molar-refractivity contribution in [2.24, 2.45) is 12.0 Å². The van der Waals surface area contributed by atoms with E-state index in [2.05, 4.69) is 34.6 Å². The zero-order valence-corrected chi connectivity index (χ0v) is 14.9. The summed E-state index contributed by atoms with van der Waals surface area (Å²) >= 11 is 0. The zero-order chi connectivity index (χ0) is 17.5. The maximum atomic E-state index is 13.7. The molecule has 0 atom stereocenters. The van der Waals surface area contributed by atoms with Crippen molar-refractivity contribution in [3.05, 3.63) is 52.6 Å². The van der Waals surface area contributed by atoms with Gasteiger partial charge >= 0.3 is 0 Å². The third-order valence-corrected chi connectivity index (χ3v) is 4.09. The molecule has 130 valence electrons. The van der Waals surface area contributed by atoms with Crippen molar-refractivity contribution in [3.63, 3.8) is 0 Å². The highest BCUT2D eigenvalue weighted by atomic mass is 19.1. The number of aliphatic imine (C=N–C) groups is 1. The molecule has 1 aromatic carbocycles. The van der Waals surface area contributed by atoms with Crippen LogP contribution in [0.3, 0.4) is 0 Å². The van der Waals surface area contributed by atoms with E-state index in [-0.39, 0.29) is 5.82 Å². The Bertz CT molecular complexity index is 705. The molecular weight excluding hydrogens is 305 g/mol. The SMILES string of the molecule is CCc1nn(C)c(CC)c1CNC(=NC)NCc1ccccc1F. The van der Waals surface area contributed by atoms with Crippen LogP contribution in [-0.2, 0) is 33.0 Å². The second kappa shape index (κ2) is 8.47. The molecule has 0 radical (unpaired) electrons. The second-order valence-electron chi connectivity index (χ2n) is 5.57. The molecule has 24 heavy (non-hydrogen) atoms. The van der Waals surface area contributed by atoms with Gasteiger partial charge in [-0.1, -0.05) is 32.0 Å². The number of hydrogen-bond acceptors (Lipinski definition) is 2. The van der Waals surface area contributed by atoms with Gasteiger partial charge in [-0.2, -0.15) is 5.10 Å². The predicted molar refractivity (Wildman–Crippen MR) is 95.4 cm³/mol. The van der Waals surface area contributed by atoms with E-state index in [1.165, 1.54) is 17.3 Å². The summed E-state index contributed by atoms with van der Waals surface area (Å²) in [5.41, 5.74) is 4.16. The lowest BCUT2D eigenvalue weighted by molar-refractivity contribution is 0.604. The highest BCUT2D eigenvalue weighted by molar-refractivity contribution is 5.79. The third-order valence-electron chi connectivity index (χ3n) is 4.09. The quantitative estimate of drug-likeness (QED) is 0.632. The van der Waals surface area contributed by atoms with Gasteiger partial charge in [0, 0.05) is 44.0 Å². The maximum absolute atomic E-state index is 13.7. The molecule has 0 amide bonds. The van der Waals surface area contributed by atoms with E-state index in [1.54, 1.807) is 19.2 Å². The van der Waals surface area contributed by atoms with Crippen molar-refractivity contribution in [3.8, 4) is 0 Å². The fourth-order valence-corrected chi connectivity index (χ4v) is 2.81. The van der Waals surface area contributed by atoms with Gasteiger partial charge in [0.05, 0.1) is 5.69 Å². The summed E-state index contributed by atoms with van der Waals surface area (Å²) in [6.07, 6.45) is 1.83. The Labute approximate surface area is 143 Å². The average molecular weight is 331 g/mol. The maximum Gasteiger partial charge on any atom is 0.191 e. The van der Waals surface area contributed by atoms with Crippen molar-refractivity contribution in [1.82, 2.24) is 20.4 Å². The topological polar surface area (TPSA) is 54.2 Å². The number of aromatic nitrogens is 2. The Morgan fingerprint density at radius 3 is 2.50 bits per heavy atom. The number of benzene rings is 1. The van der Waals surface area contributed by atoms with Crippen LogP contribution in [0.15, 0.2) is 29.3 Å². The summed E-state index contributed by atoms with van der Waals surface area (Å²) in [4.78, 5) is 4.21. The standard InChI is InChI=1S/C18H26FN5/c1-5-16-14(17(6-2)24(4)23-16)12-22-18(20-3)21-11-13-9-7-8-10-15(13)19/h7-10H,5-6,11-12H2,1-4H3,(H2,20,21,22). The molecule has 0 unspecified atom stereocenters. The van der Waals surface area contributed by atoms with Crippen molar-refractivity contribution in [2.45, 2.75) is 39.8 Å². The lowest BCUT2D eigenvalue weighted by Crippen LogP contribution is -2.36. The number of halogens is 1. The smallest absolute Gasteiger partial charge is 0.191 e. The summed E-state index contributed by atoms with van der Waals surface area (Å²) in [5, 5.41) is 11.0. The Hall–Kier alpha value is -2.37. The second-order valence-corrected chi connectivity index (χ2v) is 5.57. The lowest BCUT2D eigenvalue weighted by atomic mass is 10.1. The van der Waals surface area contributed by atoms with Crippen molar-refractivity contribution in [2.75, 3.05) is 7.05 Å². The van der Waals surface area contributed by atoms with Gasteiger partial charge in [0.1, 0.15) is 5.82 Å². The van der Waals surface area contributed by atoms with Crippen LogP contribution in [0, 0.1) is 5.82 Å². The van der Waals surface area contributed by atoms with E-state index in [9.17, 15) is 4.39 Å². The zero-order valence-electron chi connectivity index (χ0n) is 14.9. The van der Waals surface area contributed by atoms with Crippen LogP contribution in [0.2, 0.25) is 0 Å². The van der Waals surface area contributed by atoms with Crippen molar-refractivity contribution < 1.29 is 4.39 Å². The van der Waals surface area contributed by atoms with Crippen LogP contribution >= 0.6 is 0 Å². The molecule has 1 heterocycles. The molecular formula is C18H26FN5. The first kappa shape index (κ1) is 18.0. The monoisotopic (exact) mass is 331 g/mol. The highest BCUT2D eigenvalue weighted by Gasteiger charge is 2.13. The number of hydrogen-bond donors (Lipinski definition) is 2. The first-order valence-electron chi connectivity index (χ1n) is 8.32. The molecule has 0 aliphatic heterocycles. The van der Waals surface area contributed by atoms with Crippen LogP contribution < -0.4 is 10.6 Å². The fraction of sp³-hybridized carbons (Fsp3) is 0.444. The minimum atomic E-state index is -0.214. The van der Waals surface area contributed by atoms with Gasteiger partial charge in [-0.15, -0.1) is 0 Å². The molecule has 2 N–H and O–H groups in total. The van der Waals surface area contributed by atoms with Crippen LogP contribution in [0.25, 0.3) is 0 Å². The number of nitrogens with zero attached hydrogens (tertiary/aromatic N) is 3. The number of rotatable bonds is 6. The summed E-state index contributed by atoms with van der Waals surface area (Å²) in [7, 11) is 3.69. The van der Waals surface area contributed by atoms with E-state index < -0.39 is 0 Å². The first-order valence-corrected chi connectivity index (χ1v) is 8.32. The number of aryl methyl sites for hydroxylation is 2. The molecule has 1 aromatic heterocycles. The van der Waals surface area contributed by atoms with Gasteiger partial charge in [0.25, 0.3) is 0 Å². The summed E-state index contributed by atoms with van der Waals surface area (Å²) < 4.78 is 15.6. The summed E-state index contributed by atoms with van der Waals surface area (Å²) in [6, 6.07) is 6.74. The Morgan fingerprint density at radius 1 is 1.17 bits per heavy atom. The number of guanidine groups is 1. The van der Waals surface area contributed by atoms with Crippen LogP contribution in [0.4, 0.5) is 4.39 Å². The van der Waals surface area contributed by atoms with E-state index in [0.717, 1.165) is 18.5 Å². The normalized spacial score (nSPS) is 11.6. The summed E-state index contributed by atoms with van der Waals surface area (Å²) in [6.45, 7) is 5.28. The van der Waals surface area contributed by atoms with Gasteiger partial charge in [-0.25, -0.2) is 4.39 Å². The summed E-state index contributed by atoms with van der Waals surface area (Å²) in [5.74, 6) is 0.431. The van der Waals surface area contributed by atoms with E-state index in [4.69, 9.17) is 0 Å². The molecule has 0 bridgehead atoms. The minimum absolute atomic E-state index is 0.214. The number of nitrogens with one attached hydrogen (secondary N) is 2. The van der Waals surface area contributed by atoms with Gasteiger partial charge < -0.3 is 10.6 Å². The van der Waals surface area contributed by atoms with Crippen LogP contribution in [-0.4, -0.2) is 22.8 Å². The van der Waals surface area contributed by atoms with Crippen molar-refractivity contribution >= 4 is 5.96 Å². The largest absolute Gasteiger partial charge is 0.352 e. The lowest BCUT2D eigenvalue weighted by Gasteiger charge is -2.13. The molecule has 0 aliphatic rings. The Morgan fingerprint density at radius 2 is 1.88 bits per heavy atom. The minimum Gasteiger partial charge on any atom is -0.352 e. The van der Waals surface area contributed by atoms with Crippen LogP contribution in [0.1, 0.15) is 36.4 Å². The third kappa shape index (κ3) is 4.13. The molecule has 0 spiro atoms. The van der Waals surface area contributed by atoms with Gasteiger partial charge in [0.15, 0.2) is 5.96 Å². The van der Waals surface area contributed by atoms with Gasteiger partial charge in [-0.05, 0) is 18.9 Å². The van der Waals surface area contributed by atoms with Gasteiger partial charge in [0.2, 0.25) is 0 Å². The fourth-order valence-electron chi connectivity index (χ4n) is 2.81. The first-order chi connectivity index (χ1) is 11.6. The van der Waals surface area contributed by atoms with E-state index in [1.807, 2.05) is 17.8 Å². The molecule has 0 aliphatic carbocycles. The molecule has 0 saturated heterocycles. The van der Waals surface area contributed by atoms with Crippen molar-refractivity contribution in [1.29, 1.82) is 0 Å². The molecule has 0 saturated carbocycles. The highest BCUT2D eigenvalue weighted by Crippen LogP contribution is 2.15. The Balaban J connectivity index is 2.01. The molecule has 2 aromatic rings. The van der Waals surface area contributed by atoms with Gasteiger partial charge in [-0.3, -0.25) is 9.67 Å². The van der Waals surface area contributed by atoms with E-state index >= 15 is 0 Å². The Kier molecular flexibility index (Phi) is 6.35.